The molecule has 1 spiro atoms. The Labute approximate surface area is 125 Å². The Morgan fingerprint density at radius 1 is 1.32 bits per heavy atom. The maximum Gasteiger partial charge on any atom is 0.343 e. The van der Waals surface area contributed by atoms with Crippen molar-refractivity contribution in [2.24, 2.45) is 16.7 Å². The molecule has 2 aliphatic heterocycles. The first-order valence-electron chi connectivity index (χ1n) is 7.24. The summed E-state index contributed by atoms with van der Waals surface area (Å²) in [5.41, 5.74) is -3.94. The molecule has 4 aliphatic rings. The number of esters is 2. The quantitative estimate of drug-likeness (QED) is 0.558. The minimum Gasteiger partial charge on any atom is -0.462 e. The van der Waals surface area contributed by atoms with Gasteiger partial charge in [0.2, 0.25) is 5.60 Å². The number of allylic oxidation sites excluding steroid dienone is 1. The lowest BCUT2D eigenvalue weighted by Gasteiger charge is -2.57. The third-order valence-electron chi connectivity index (χ3n) is 6.19. The molecule has 2 N–H and O–H groups in total. The predicted octanol–water partition coefficient (Wildman–Crippen LogP) is -0.898. The van der Waals surface area contributed by atoms with Gasteiger partial charge in [-0.2, -0.15) is 0 Å². The van der Waals surface area contributed by atoms with Crippen molar-refractivity contribution in [3.63, 3.8) is 0 Å². The molecule has 6 atom stereocenters. The molecule has 2 bridgehead atoms. The first kappa shape index (κ1) is 13.9. The van der Waals surface area contributed by atoms with E-state index in [-0.39, 0.29) is 18.8 Å². The van der Waals surface area contributed by atoms with Crippen LogP contribution in [-0.2, 0) is 23.9 Å². The van der Waals surface area contributed by atoms with Crippen LogP contribution in [0.2, 0.25) is 0 Å². The second-order valence-electron chi connectivity index (χ2n) is 6.93. The van der Waals surface area contributed by atoms with Crippen molar-refractivity contribution in [2.75, 3.05) is 6.61 Å². The minimum absolute atomic E-state index is 0.0276. The highest BCUT2D eigenvalue weighted by Crippen LogP contribution is 2.66. The summed E-state index contributed by atoms with van der Waals surface area (Å²) in [5, 5.41) is 21.4. The number of ketones is 1. The summed E-state index contributed by atoms with van der Waals surface area (Å²) in [5.74, 6) is -2.62. The monoisotopic (exact) mass is 308 g/mol. The van der Waals surface area contributed by atoms with Gasteiger partial charge in [0.25, 0.3) is 0 Å². The standard InChI is InChI=1S/C15H16O7/c1-6-7(16)3-8-13(2)5-21-12(19)15(13,20)9-4-14(6,8)10(17)11(18)22-9/h3,6,9-10,17,20H,4-5H2,1-2H3/t6?,9-,10?,13+,14-,15-/m1/s1. The van der Waals surface area contributed by atoms with Crippen LogP contribution in [0.4, 0.5) is 0 Å². The smallest absolute Gasteiger partial charge is 0.343 e. The van der Waals surface area contributed by atoms with E-state index in [0.29, 0.717) is 5.57 Å². The van der Waals surface area contributed by atoms with Gasteiger partial charge in [-0.3, -0.25) is 4.79 Å². The number of fused-ring (bicyclic) bond motifs is 4. The SMILES string of the molecule is CC1C(=O)C=C2[C@@]13C[C@@H](OC(=O)C3O)[C@@]1(O)C(=O)OC[C@@]21C. The number of aliphatic hydroxyl groups excluding tert-OH is 1. The van der Waals surface area contributed by atoms with Gasteiger partial charge in [-0.05, 0) is 18.6 Å². The van der Waals surface area contributed by atoms with Gasteiger partial charge in [-0.15, -0.1) is 0 Å². The van der Waals surface area contributed by atoms with E-state index in [4.69, 9.17) is 9.47 Å². The van der Waals surface area contributed by atoms with Gasteiger partial charge in [-0.25, -0.2) is 9.59 Å². The second kappa shape index (κ2) is 3.60. The highest BCUT2D eigenvalue weighted by Gasteiger charge is 2.78. The van der Waals surface area contributed by atoms with Crippen LogP contribution in [0, 0.1) is 16.7 Å². The van der Waals surface area contributed by atoms with E-state index < -0.39 is 46.5 Å². The Kier molecular flexibility index (Phi) is 2.27. The molecule has 2 aliphatic carbocycles. The normalized spacial score (nSPS) is 52.6. The second-order valence-corrected chi connectivity index (χ2v) is 6.93. The average molecular weight is 308 g/mol. The minimum atomic E-state index is -2.03. The molecule has 2 saturated heterocycles. The highest BCUT2D eigenvalue weighted by atomic mass is 16.6. The lowest BCUT2D eigenvalue weighted by Crippen LogP contribution is -2.71. The van der Waals surface area contributed by atoms with Crippen molar-refractivity contribution in [3.8, 4) is 0 Å². The molecule has 22 heavy (non-hydrogen) atoms. The van der Waals surface area contributed by atoms with Crippen LogP contribution in [-0.4, -0.2) is 52.4 Å². The maximum atomic E-state index is 12.3. The van der Waals surface area contributed by atoms with E-state index in [2.05, 4.69) is 0 Å². The van der Waals surface area contributed by atoms with E-state index in [9.17, 15) is 24.6 Å². The highest BCUT2D eigenvalue weighted by molar-refractivity contribution is 6.00. The molecule has 1 saturated carbocycles. The molecule has 0 aromatic heterocycles. The van der Waals surface area contributed by atoms with Crippen molar-refractivity contribution in [2.45, 2.75) is 38.1 Å². The van der Waals surface area contributed by atoms with Crippen molar-refractivity contribution in [3.05, 3.63) is 11.6 Å². The van der Waals surface area contributed by atoms with Gasteiger partial charge in [0.1, 0.15) is 12.7 Å². The van der Waals surface area contributed by atoms with Crippen LogP contribution in [0.1, 0.15) is 20.3 Å². The van der Waals surface area contributed by atoms with Crippen molar-refractivity contribution in [1.29, 1.82) is 0 Å². The van der Waals surface area contributed by atoms with Crippen LogP contribution in [0.5, 0.6) is 0 Å². The van der Waals surface area contributed by atoms with E-state index >= 15 is 0 Å². The van der Waals surface area contributed by atoms with Gasteiger partial charge in [0.15, 0.2) is 11.9 Å². The largest absolute Gasteiger partial charge is 0.462 e. The summed E-state index contributed by atoms with van der Waals surface area (Å²) in [7, 11) is 0. The van der Waals surface area contributed by atoms with Crippen molar-refractivity contribution in [1.82, 2.24) is 0 Å². The number of carbonyl (C=O) groups excluding carboxylic acids is 3. The number of ether oxygens (including phenoxy) is 2. The van der Waals surface area contributed by atoms with Gasteiger partial charge in [0, 0.05) is 17.8 Å². The third kappa shape index (κ3) is 1.10. The first-order valence-corrected chi connectivity index (χ1v) is 7.24. The van der Waals surface area contributed by atoms with Gasteiger partial charge in [0.05, 0.1) is 5.41 Å². The van der Waals surface area contributed by atoms with E-state index in [1.54, 1.807) is 13.8 Å². The number of rotatable bonds is 0. The van der Waals surface area contributed by atoms with Crippen molar-refractivity contribution >= 4 is 17.7 Å². The Bertz CT molecular complexity index is 667. The summed E-state index contributed by atoms with van der Waals surface area (Å²) in [6.45, 7) is 3.15. The Morgan fingerprint density at radius 3 is 2.68 bits per heavy atom. The van der Waals surface area contributed by atoms with Gasteiger partial charge < -0.3 is 19.7 Å². The number of cyclic esters (lactones) is 1. The van der Waals surface area contributed by atoms with Gasteiger partial charge in [-0.1, -0.05) is 6.92 Å². The zero-order valence-electron chi connectivity index (χ0n) is 12.2. The molecule has 0 amide bonds. The topological polar surface area (TPSA) is 110 Å². The zero-order valence-corrected chi connectivity index (χ0v) is 12.2. The Morgan fingerprint density at radius 2 is 2.00 bits per heavy atom. The summed E-state index contributed by atoms with van der Waals surface area (Å²) < 4.78 is 10.2. The summed E-state index contributed by atoms with van der Waals surface area (Å²) >= 11 is 0. The van der Waals surface area contributed by atoms with Crippen LogP contribution < -0.4 is 0 Å². The summed E-state index contributed by atoms with van der Waals surface area (Å²) in [6.07, 6.45) is -1.24. The lowest BCUT2D eigenvalue weighted by atomic mass is 9.49. The molecule has 2 unspecified atom stereocenters. The van der Waals surface area contributed by atoms with Gasteiger partial charge >= 0.3 is 11.9 Å². The van der Waals surface area contributed by atoms with E-state index in [1.165, 1.54) is 6.08 Å². The number of hydrogen-bond acceptors (Lipinski definition) is 7. The fourth-order valence-corrected chi connectivity index (χ4v) is 4.77. The van der Waals surface area contributed by atoms with E-state index in [0.717, 1.165) is 0 Å². The third-order valence-corrected chi connectivity index (χ3v) is 6.19. The Balaban J connectivity index is 2.02. The van der Waals surface area contributed by atoms with Crippen molar-refractivity contribution < 1.29 is 34.1 Å². The molecule has 0 radical (unpaired) electrons. The van der Waals surface area contributed by atoms with Crippen LogP contribution >= 0.6 is 0 Å². The molecular formula is C15H16O7. The average Bonchev–Trinajstić information content (AvgIpc) is 2.87. The first-order chi connectivity index (χ1) is 10.2. The number of hydrogen-bond donors (Lipinski definition) is 2. The maximum absolute atomic E-state index is 12.3. The van der Waals surface area contributed by atoms with Crippen LogP contribution in [0.25, 0.3) is 0 Å². The molecule has 3 fully saturated rings. The lowest BCUT2D eigenvalue weighted by molar-refractivity contribution is -0.232. The fourth-order valence-electron chi connectivity index (χ4n) is 4.77. The Hall–Kier alpha value is -1.73. The van der Waals surface area contributed by atoms with Crippen LogP contribution in [0.15, 0.2) is 11.6 Å². The summed E-state index contributed by atoms with van der Waals surface area (Å²) in [6, 6.07) is 0. The molecular weight excluding hydrogens is 292 g/mol. The summed E-state index contributed by atoms with van der Waals surface area (Å²) in [4.78, 5) is 36.5. The number of carbonyl (C=O) groups is 3. The molecule has 118 valence electrons. The molecule has 0 aromatic carbocycles. The van der Waals surface area contributed by atoms with Crippen LogP contribution in [0.3, 0.4) is 0 Å². The van der Waals surface area contributed by atoms with E-state index in [1.807, 2.05) is 0 Å². The molecule has 7 nitrogen and oxygen atoms in total. The fraction of sp³-hybridized carbons (Fsp3) is 0.667. The number of aliphatic hydroxyl groups is 2. The predicted molar refractivity (Wildman–Crippen MR) is 69.2 cm³/mol. The molecule has 2 heterocycles. The zero-order chi connectivity index (χ0) is 16.1. The molecule has 4 rings (SSSR count). The molecule has 0 aromatic rings. The molecule has 7 heteroatoms.